The summed E-state index contributed by atoms with van der Waals surface area (Å²) in [6, 6.07) is 1.79. The van der Waals surface area contributed by atoms with Crippen LogP contribution in [0.3, 0.4) is 0 Å². The topological polar surface area (TPSA) is 47.8 Å². The van der Waals surface area contributed by atoms with Crippen LogP contribution >= 0.6 is 31.9 Å². The molecule has 0 aliphatic heterocycles. The van der Waals surface area contributed by atoms with Gasteiger partial charge in [-0.15, -0.1) is 0 Å². The van der Waals surface area contributed by atoms with E-state index in [1.54, 1.807) is 30.2 Å². The van der Waals surface area contributed by atoms with Crippen LogP contribution in [0.1, 0.15) is 16.1 Å². The molecule has 0 unspecified atom stereocenters. The summed E-state index contributed by atoms with van der Waals surface area (Å²) in [5.74, 6) is -0.146. The van der Waals surface area contributed by atoms with Crippen LogP contribution in [0, 0.1) is 0 Å². The first-order valence-corrected chi connectivity index (χ1v) is 6.01. The van der Waals surface area contributed by atoms with Gasteiger partial charge in [-0.1, -0.05) is 0 Å². The first-order valence-electron chi connectivity index (χ1n) is 4.42. The number of rotatable bonds is 2. The van der Waals surface area contributed by atoms with Gasteiger partial charge in [-0.25, -0.2) is 0 Å². The number of carbonyl (C=O) groups excluding carboxylic acids is 1. The average Bonchev–Trinajstić information content (AvgIpc) is 2.64. The maximum atomic E-state index is 12.0. The molecule has 0 spiro atoms. The van der Waals surface area contributed by atoms with Gasteiger partial charge in [-0.2, -0.15) is 5.10 Å². The average molecular weight is 345 g/mol. The molecular weight excluding hydrogens is 338 g/mol. The van der Waals surface area contributed by atoms with E-state index in [2.05, 4.69) is 41.9 Å². The molecule has 0 aliphatic carbocycles. The predicted octanol–water partition coefficient (Wildman–Crippen LogP) is 2.57. The smallest absolute Gasteiger partial charge is 0.215 e. The summed E-state index contributed by atoms with van der Waals surface area (Å²) in [6.07, 6.45) is 4.78. The van der Waals surface area contributed by atoms with Gasteiger partial charge in [0.25, 0.3) is 0 Å². The Morgan fingerprint density at radius 1 is 1.38 bits per heavy atom. The number of nitrogens with zero attached hydrogens (tertiary/aromatic N) is 3. The molecule has 2 rings (SSSR count). The van der Waals surface area contributed by atoms with Gasteiger partial charge in [0.2, 0.25) is 5.78 Å². The highest BCUT2D eigenvalue weighted by atomic mass is 79.9. The Bertz CT molecular complexity index is 551. The molecule has 0 radical (unpaired) electrons. The maximum Gasteiger partial charge on any atom is 0.215 e. The van der Waals surface area contributed by atoms with E-state index in [0.29, 0.717) is 15.7 Å². The summed E-state index contributed by atoms with van der Waals surface area (Å²) in [7, 11) is 1.76. The highest BCUT2D eigenvalue weighted by molar-refractivity contribution is 9.11. The van der Waals surface area contributed by atoms with Crippen molar-refractivity contribution in [3.05, 3.63) is 44.9 Å². The summed E-state index contributed by atoms with van der Waals surface area (Å²) in [5.41, 5.74) is 0.911. The van der Waals surface area contributed by atoms with Gasteiger partial charge >= 0.3 is 0 Å². The van der Waals surface area contributed by atoms with E-state index in [4.69, 9.17) is 0 Å². The van der Waals surface area contributed by atoms with E-state index in [9.17, 15) is 4.79 Å². The van der Waals surface area contributed by atoms with Gasteiger partial charge < -0.3 is 0 Å². The standard InChI is InChI=1S/C10H7Br2N3O/c1-15-5-6(3-14-15)10(16)9-8(12)2-7(11)4-13-9/h2-5H,1H3. The third-order valence-corrected chi connectivity index (χ3v) is 3.03. The van der Waals surface area contributed by atoms with Crippen LogP contribution in [0.15, 0.2) is 33.6 Å². The fourth-order valence-corrected chi connectivity index (χ4v) is 2.42. The van der Waals surface area contributed by atoms with Crippen molar-refractivity contribution >= 4 is 37.6 Å². The highest BCUT2D eigenvalue weighted by Gasteiger charge is 2.15. The second-order valence-corrected chi connectivity index (χ2v) is 4.99. The maximum absolute atomic E-state index is 12.0. The van der Waals surface area contributed by atoms with Crippen LogP contribution in [0.2, 0.25) is 0 Å². The van der Waals surface area contributed by atoms with Crippen LogP contribution < -0.4 is 0 Å². The SMILES string of the molecule is Cn1cc(C(=O)c2ncc(Br)cc2Br)cn1. The lowest BCUT2D eigenvalue weighted by Gasteiger charge is -2.00. The highest BCUT2D eigenvalue weighted by Crippen LogP contribution is 2.21. The molecular formula is C10H7Br2N3O. The molecule has 16 heavy (non-hydrogen) atoms. The van der Waals surface area contributed by atoms with Gasteiger partial charge in [0.15, 0.2) is 0 Å². The molecule has 2 heterocycles. The second kappa shape index (κ2) is 4.47. The number of hydrogen-bond donors (Lipinski definition) is 0. The molecule has 4 nitrogen and oxygen atoms in total. The van der Waals surface area contributed by atoms with Crippen LogP contribution in [-0.2, 0) is 7.05 Å². The zero-order valence-corrected chi connectivity index (χ0v) is 11.5. The minimum Gasteiger partial charge on any atom is -0.287 e. The molecule has 0 saturated carbocycles. The minimum atomic E-state index is -0.146. The molecule has 0 fully saturated rings. The van der Waals surface area contributed by atoms with Crippen molar-refractivity contribution in [1.29, 1.82) is 0 Å². The molecule has 82 valence electrons. The van der Waals surface area contributed by atoms with Crippen molar-refractivity contribution in [2.45, 2.75) is 0 Å². The predicted molar refractivity (Wildman–Crippen MR) is 66.3 cm³/mol. The summed E-state index contributed by atoms with van der Waals surface area (Å²) >= 11 is 6.60. The molecule has 0 aliphatic rings. The molecule has 2 aromatic rings. The Labute approximate surface area is 109 Å². The lowest BCUT2D eigenvalue weighted by atomic mass is 10.1. The van der Waals surface area contributed by atoms with E-state index >= 15 is 0 Å². The van der Waals surface area contributed by atoms with E-state index < -0.39 is 0 Å². The van der Waals surface area contributed by atoms with Crippen molar-refractivity contribution in [1.82, 2.24) is 14.8 Å². The van der Waals surface area contributed by atoms with Crippen LogP contribution in [0.5, 0.6) is 0 Å². The summed E-state index contributed by atoms with van der Waals surface area (Å²) < 4.78 is 3.07. The Morgan fingerprint density at radius 3 is 2.69 bits per heavy atom. The number of pyridine rings is 1. The van der Waals surface area contributed by atoms with Crippen LogP contribution in [0.25, 0.3) is 0 Å². The van der Waals surface area contributed by atoms with Gasteiger partial charge in [-0.05, 0) is 37.9 Å². The molecule has 0 amide bonds. The van der Waals surface area contributed by atoms with Gasteiger partial charge in [-0.3, -0.25) is 14.5 Å². The lowest BCUT2D eigenvalue weighted by molar-refractivity contribution is 0.103. The Kier molecular flexibility index (Phi) is 3.20. The van der Waals surface area contributed by atoms with Crippen molar-refractivity contribution in [2.75, 3.05) is 0 Å². The molecule has 0 bridgehead atoms. The second-order valence-electron chi connectivity index (χ2n) is 3.22. The molecule has 2 aromatic heterocycles. The number of aryl methyl sites for hydroxylation is 1. The van der Waals surface area contributed by atoms with E-state index in [1.165, 1.54) is 6.20 Å². The zero-order valence-electron chi connectivity index (χ0n) is 8.32. The van der Waals surface area contributed by atoms with Crippen molar-refractivity contribution in [3.8, 4) is 0 Å². The fourth-order valence-electron chi connectivity index (χ4n) is 1.26. The van der Waals surface area contributed by atoms with Crippen LogP contribution in [0.4, 0.5) is 0 Å². The Morgan fingerprint density at radius 2 is 2.12 bits per heavy atom. The lowest BCUT2D eigenvalue weighted by Crippen LogP contribution is -2.04. The van der Waals surface area contributed by atoms with Crippen LogP contribution in [-0.4, -0.2) is 20.5 Å². The fraction of sp³-hybridized carbons (Fsp3) is 0.100. The van der Waals surface area contributed by atoms with Crippen molar-refractivity contribution in [3.63, 3.8) is 0 Å². The van der Waals surface area contributed by atoms with Crippen molar-refractivity contribution in [2.24, 2.45) is 7.05 Å². The van der Waals surface area contributed by atoms with E-state index in [1.807, 2.05) is 0 Å². The van der Waals surface area contributed by atoms with E-state index in [0.717, 1.165) is 4.47 Å². The third kappa shape index (κ3) is 2.22. The molecule has 0 saturated heterocycles. The molecule has 0 atom stereocenters. The number of carbonyl (C=O) groups is 1. The molecule has 6 heteroatoms. The summed E-state index contributed by atoms with van der Waals surface area (Å²) in [6.45, 7) is 0. The zero-order chi connectivity index (χ0) is 11.7. The quantitative estimate of drug-likeness (QED) is 0.787. The minimum absolute atomic E-state index is 0.146. The Hall–Kier alpha value is -1.01. The first kappa shape index (κ1) is 11.5. The molecule has 0 N–H and O–H groups in total. The third-order valence-electron chi connectivity index (χ3n) is 1.99. The number of aromatic nitrogens is 3. The van der Waals surface area contributed by atoms with Gasteiger partial charge in [0.05, 0.1) is 11.8 Å². The van der Waals surface area contributed by atoms with Crippen molar-refractivity contribution < 1.29 is 4.79 Å². The normalized spacial score (nSPS) is 10.4. The summed E-state index contributed by atoms with van der Waals surface area (Å²) in [5, 5.41) is 3.95. The Balaban J connectivity index is 2.41. The largest absolute Gasteiger partial charge is 0.287 e. The monoisotopic (exact) mass is 343 g/mol. The van der Waals surface area contributed by atoms with Gasteiger partial charge in [0.1, 0.15) is 5.69 Å². The van der Waals surface area contributed by atoms with Gasteiger partial charge in [0, 0.05) is 28.4 Å². The first-order chi connectivity index (χ1) is 7.58. The number of hydrogen-bond acceptors (Lipinski definition) is 3. The summed E-state index contributed by atoms with van der Waals surface area (Å²) in [4.78, 5) is 16.1. The molecule has 0 aromatic carbocycles. The number of halogens is 2. The van der Waals surface area contributed by atoms with E-state index in [-0.39, 0.29) is 5.78 Å². The number of ketones is 1.